The molecule has 0 unspecified atom stereocenters. The maximum Gasteiger partial charge on any atom is 0.0955 e. The lowest BCUT2D eigenvalue weighted by atomic mass is 9.84. The molecule has 2 rings (SSSR count). The van der Waals surface area contributed by atoms with Crippen molar-refractivity contribution < 1.29 is 0 Å². The minimum Gasteiger partial charge on any atom is -0.334 e. The van der Waals surface area contributed by atoms with Gasteiger partial charge in [0.15, 0.2) is 0 Å². The van der Waals surface area contributed by atoms with E-state index < -0.39 is 0 Å². The Labute approximate surface area is 107 Å². The molecular formula is C13H21N5. The number of nitrogens with zero attached hydrogens (tertiary/aromatic N) is 2. The second kappa shape index (κ2) is 5.06. The lowest BCUT2D eigenvalue weighted by molar-refractivity contribution is 0.455. The highest BCUT2D eigenvalue weighted by Gasteiger charge is 2.20. The van der Waals surface area contributed by atoms with Crippen LogP contribution in [0.3, 0.4) is 0 Å². The van der Waals surface area contributed by atoms with E-state index in [1.54, 1.807) is 0 Å². The molecule has 0 radical (unpaired) electrons. The average Bonchev–Trinajstić information content (AvgIpc) is 2.71. The van der Waals surface area contributed by atoms with Crippen molar-refractivity contribution in [1.29, 1.82) is 0 Å². The number of nitrogens with one attached hydrogen (secondary N) is 2. The van der Waals surface area contributed by atoms with Gasteiger partial charge in [0.05, 0.1) is 24.0 Å². The topological polar surface area (TPSA) is 67.9 Å². The highest BCUT2D eigenvalue weighted by atomic mass is 15.3. The van der Waals surface area contributed by atoms with Crippen molar-refractivity contribution in [2.24, 2.45) is 12.9 Å². The number of aromatic nitrogens is 2. The molecule has 0 fully saturated rings. The van der Waals surface area contributed by atoms with Crippen molar-refractivity contribution in [2.45, 2.75) is 19.3 Å². The first-order chi connectivity index (χ1) is 8.54. The molecule has 0 amide bonds. The zero-order valence-corrected chi connectivity index (χ0v) is 11.2. The summed E-state index contributed by atoms with van der Waals surface area (Å²) in [6.07, 6.45) is 1.85. The number of benzene rings is 1. The van der Waals surface area contributed by atoms with Crippen LogP contribution in [0.25, 0.3) is 11.0 Å². The molecule has 0 saturated heterocycles. The van der Waals surface area contributed by atoms with Crippen LogP contribution in [0.15, 0.2) is 24.5 Å². The summed E-state index contributed by atoms with van der Waals surface area (Å²) in [5, 5.41) is 3.27. The maximum absolute atomic E-state index is 5.25. The van der Waals surface area contributed by atoms with E-state index in [9.17, 15) is 0 Å². The molecule has 1 heterocycles. The van der Waals surface area contributed by atoms with Gasteiger partial charge in [0.1, 0.15) is 0 Å². The number of aryl methyl sites for hydroxylation is 1. The fraction of sp³-hybridized carbons (Fsp3) is 0.462. The molecule has 1 aromatic heterocycles. The second-order valence-electron chi connectivity index (χ2n) is 5.25. The summed E-state index contributed by atoms with van der Waals surface area (Å²) in [7, 11) is 2.01. The molecule has 0 aliphatic carbocycles. The van der Waals surface area contributed by atoms with Crippen LogP contribution >= 0.6 is 0 Å². The van der Waals surface area contributed by atoms with Crippen LogP contribution in [0.4, 0.5) is 0 Å². The Bertz CT molecular complexity index is 529. The van der Waals surface area contributed by atoms with E-state index in [2.05, 4.69) is 47.8 Å². The molecular weight excluding hydrogens is 226 g/mol. The van der Waals surface area contributed by atoms with Gasteiger partial charge >= 0.3 is 0 Å². The molecule has 0 aliphatic heterocycles. The van der Waals surface area contributed by atoms with E-state index in [0.29, 0.717) is 6.67 Å². The van der Waals surface area contributed by atoms with Crippen LogP contribution in [-0.2, 0) is 12.5 Å². The largest absolute Gasteiger partial charge is 0.334 e. The van der Waals surface area contributed by atoms with Crippen molar-refractivity contribution in [3.05, 3.63) is 30.1 Å². The highest BCUT2D eigenvalue weighted by Crippen LogP contribution is 2.25. The standard InChI is InChI=1S/C13H21N5/c1-13(2,7-15-8-17-14)10-4-5-12-11(6-10)16-9-18(12)3/h4-6,9,15,17H,7-8,14H2,1-3H3. The Morgan fingerprint density at radius 3 is 2.89 bits per heavy atom. The first-order valence-electron chi connectivity index (χ1n) is 6.10. The normalized spacial score (nSPS) is 12.2. The quantitative estimate of drug-likeness (QED) is 0.317. The minimum absolute atomic E-state index is 0.0442. The zero-order valence-electron chi connectivity index (χ0n) is 11.2. The summed E-state index contributed by atoms with van der Waals surface area (Å²) in [5.41, 5.74) is 6.12. The van der Waals surface area contributed by atoms with E-state index in [4.69, 9.17) is 5.84 Å². The third-order valence-electron chi connectivity index (χ3n) is 3.30. The van der Waals surface area contributed by atoms with E-state index in [1.165, 1.54) is 5.56 Å². The molecule has 0 atom stereocenters. The summed E-state index contributed by atoms with van der Waals surface area (Å²) >= 11 is 0. The summed E-state index contributed by atoms with van der Waals surface area (Å²) in [6, 6.07) is 6.45. The number of rotatable bonds is 5. The predicted molar refractivity (Wildman–Crippen MR) is 73.9 cm³/mol. The summed E-state index contributed by atoms with van der Waals surface area (Å²) < 4.78 is 2.03. The van der Waals surface area contributed by atoms with Crippen molar-refractivity contribution in [3.8, 4) is 0 Å². The first-order valence-corrected chi connectivity index (χ1v) is 6.10. The van der Waals surface area contributed by atoms with E-state index in [0.717, 1.165) is 17.6 Å². The molecule has 4 N–H and O–H groups in total. The van der Waals surface area contributed by atoms with E-state index >= 15 is 0 Å². The average molecular weight is 247 g/mol. The van der Waals surface area contributed by atoms with Crippen LogP contribution in [0.5, 0.6) is 0 Å². The van der Waals surface area contributed by atoms with Gasteiger partial charge in [0, 0.05) is 19.0 Å². The number of fused-ring (bicyclic) bond motifs is 1. The third kappa shape index (κ3) is 2.53. The lowest BCUT2D eigenvalue weighted by Crippen LogP contribution is -2.40. The summed E-state index contributed by atoms with van der Waals surface area (Å²) in [6.45, 7) is 5.88. The molecule has 2 aromatic rings. The van der Waals surface area contributed by atoms with Gasteiger partial charge in [-0.1, -0.05) is 19.9 Å². The molecule has 18 heavy (non-hydrogen) atoms. The van der Waals surface area contributed by atoms with Crippen LogP contribution in [0.1, 0.15) is 19.4 Å². The monoisotopic (exact) mass is 247 g/mol. The van der Waals surface area contributed by atoms with Crippen molar-refractivity contribution in [3.63, 3.8) is 0 Å². The van der Waals surface area contributed by atoms with Gasteiger partial charge in [0.25, 0.3) is 0 Å². The smallest absolute Gasteiger partial charge is 0.0955 e. The molecule has 0 spiro atoms. The van der Waals surface area contributed by atoms with Crippen LogP contribution in [0, 0.1) is 0 Å². The molecule has 5 nitrogen and oxygen atoms in total. The number of hydrogen-bond acceptors (Lipinski definition) is 4. The predicted octanol–water partition coefficient (Wildman–Crippen LogP) is 0.861. The highest BCUT2D eigenvalue weighted by molar-refractivity contribution is 5.76. The molecule has 0 saturated carbocycles. The van der Waals surface area contributed by atoms with Crippen LogP contribution in [0.2, 0.25) is 0 Å². The van der Waals surface area contributed by atoms with Gasteiger partial charge in [-0.2, -0.15) is 0 Å². The van der Waals surface area contributed by atoms with Crippen molar-refractivity contribution in [2.75, 3.05) is 13.2 Å². The Hall–Kier alpha value is -1.43. The summed E-state index contributed by atoms with van der Waals surface area (Å²) in [5.74, 6) is 5.25. The maximum atomic E-state index is 5.25. The SMILES string of the molecule is Cn1cnc2cc(C(C)(C)CNCNN)ccc21. The van der Waals surface area contributed by atoms with E-state index in [-0.39, 0.29) is 5.41 Å². The lowest BCUT2D eigenvalue weighted by Gasteiger charge is -2.25. The third-order valence-corrected chi connectivity index (χ3v) is 3.30. The molecule has 98 valence electrons. The Kier molecular flexibility index (Phi) is 3.65. The van der Waals surface area contributed by atoms with Gasteiger partial charge in [0.2, 0.25) is 0 Å². The van der Waals surface area contributed by atoms with Crippen LogP contribution in [-0.4, -0.2) is 22.8 Å². The molecule has 0 aliphatic rings. The number of nitrogens with two attached hydrogens (primary N) is 1. The fourth-order valence-electron chi connectivity index (χ4n) is 2.11. The Morgan fingerprint density at radius 2 is 2.17 bits per heavy atom. The fourth-order valence-corrected chi connectivity index (χ4v) is 2.11. The zero-order chi connectivity index (χ0) is 13.2. The van der Waals surface area contributed by atoms with Gasteiger partial charge in [-0.15, -0.1) is 0 Å². The number of hydrogen-bond donors (Lipinski definition) is 3. The first kappa shape index (κ1) is 13.0. The van der Waals surface area contributed by atoms with Gasteiger partial charge in [-0.05, 0) is 17.7 Å². The number of hydrazine groups is 1. The van der Waals surface area contributed by atoms with Crippen molar-refractivity contribution in [1.82, 2.24) is 20.3 Å². The van der Waals surface area contributed by atoms with Gasteiger partial charge in [-0.25, -0.2) is 10.4 Å². The van der Waals surface area contributed by atoms with Gasteiger partial charge in [-0.3, -0.25) is 5.84 Å². The minimum atomic E-state index is 0.0442. The summed E-state index contributed by atoms with van der Waals surface area (Å²) in [4.78, 5) is 4.40. The van der Waals surface area contributed by atoms with Crippen molar-refractivity contribution >= 4 is 11.0 Å². The van der Waals surface area contributed by atoms with Crippen LogP contribution < -0.4 is 16.6 Å². The Morgan fingerprint density at radius 1 is 1.39 bits per heavy atom. The Balaban J connectivity index is 2.23. The van der Waals surface area contributed by atoms with E-state index in [1.807, 2.05) is 17.9 Å². The second-order valence-corrected chi connectivity index (χ2v) is 5.25. The molecule has 1 aromatic carbocycles. The van der Waals surface area contributed by atoms with Gasteiger partial charge < -0.3 is 9.88 Å². The molecule has 0 bridgehead atoms. The molecule has 5 heteroatoms. The number of imidazole rings is 1.